The van der Waals surface area contributed by atoms with Crippen LogP contribution in [0.15, 0.2) is 17.0 Å². The van der Waals surface area contributed by atoms with E-state index in [2.05, 4.69) is 0 Å². The Balaban J connectivity index is 2.80. The topological polar surface area (TPSA) is 20.2 Å². The second-order valence-corrected chi connectivity index (χ2v) is 4.90. The molecule has 4 heteroatoms. The molecule has 0 aliphatic heterocycles. The van der Waals surface area contributed by atoms with Gasteiger partial charge in [-0.2, -0.15) is 0 Å². The van der Waals surface area contributed by atoms with Crippen molar-refractivity contribution in [3.63, 3.8) is 0 Å². The smallest absolute Gasteiger partial charge is 0.140 e. The van der Waals surface area contributed by atoms with Crippen molar-refractivity contribution in [2.24, 2.45) is 5.92 Å². The van der Waals surface area contributed by atoms with E-state index in [9.17, 15) is 8.78 Å². The van der Waals surface area contributed by atoms with Gasteiger partial charge >= 0.3 is 0 Å². The van der Waals surface area contributed by atoms with Crippen LogP contribution in [0.3, 0.4) is 0 Å². The summed E-state index contributed by atoms with van der Waals surface area (Å²) in [5, 5.41) is 8.79. The van der Waals surface area contributed by atoms with Gasteiger partial charge in [0.05, 0.1) is 11.5 Å². The van der Waals surface area contributed by atoms with Crippen molar-refractivity contribution in [3.05, 3.63) is 29.3 Å². The van der Waals surface area contributed by atoms with Crippen LogP contribution in [-0.4, -0.2) is 10.9 Å². The number of hydrogen-bond acceptors (Lipinski definition) is 2. The zero-order valence-electron chi connectivity index (χ0n) is 9.46. The number of aliphatic hydroxyl groups is 1. The minimum absolute atomic E-state index is 0.0532. The molecule has 0 aliphatic rings. The molecule has 0 heterocycles. The van der Waals surface area contributed by atoms with E-state index in [4.69, 9.17) is 5.11 Å². The van der Waals surface area contributed by atoms with Gasteiger partial charge in [0.1, 0.15) is 11.6 Å². The average Bonchev–Trinajstić information content (AvgIpc) is 2.27. The summed E-state index contributed by atoms with van der Waals surface area (Å²) in [6.45, 7) is 3.75. The van der Waals surface area contributed by atoms with Gasteiger partial charge in [-0.25, -0.2) is 8.78 Å². The van der Waals surface area contributed by atoms with E-state index in [1.165, 1.54) is 23.9 Å². The summed E-state index contributed by atoms with van der Waals surface area (Å²) in [6.07, 6.45) is 0.991. The van der Waals surface area contributed by atoms with Crippen LogP contribution in [0.25, 0.3) is 0 Å². The summed E-state index contributed by atoms with van der Waals surface area (Å²) >= 11 is 1.19. The van der Waals surface area contributed by atoms with E-state index in [0.29, 0.717) is 11.7 Å². The highest BCUT2D eigenvalue weighted by atomic mass is 32.2. The first kappa shape index (κ1) is 13.5. The van der Waals surface area contributed by atoms with E-state index in [1.54, 1.807) is 0 Å². The van der Waals surface area contributed by atoms with Crippen molar-refractivity contribution >= 4 is 11.8 Å². The highest BCUT2D eigenvalue weighted by molar-refractivity contribution is 7.99. The van der Waals surface area contributed by atoms with Gasteiger partial charge in [0.15, 0.2) is 0 Å². The number of halogens is 2. The van der Waals surface area contributed by atoms with Crippen molar-refractivity contribution in [1.82, 2.24) is 0 Å². The van der Waals surface area contributed by atoms with Crippen molar-refractivity contribution < 1.29 is 13.9 Å². The third kappa shape index (κ3) is 3.46. The molecule has 0 saturated heterocycles. The van der Waals surface area contributed by atoms with Crippen LogP contribution >= 0.6 is 11.8 Å². The monoisotopic (exact) mass is 246 g/mol. The summed E-state index contributed by atoms with van der Waals surface area (Å²) in [5.74, 6) is -0.0426. The Morgan fingerprint density at radius 2 is 1.88 bits per heavy atom. The molecule has 0 saturated carbocycles. The van der Waals surface area contributed by atoms with E-state index < -0.39 is 11.6 Å². The van der Waals surface area contributed by atoms with E-state index >= 15 is 0 Å². The summed E-state index contributed by atoms with van der Waals surface area (Å²) < 4.78 is 27.0. The molecule has 0 spiro atoms. The fourth-order valence-electron chi connectivity index (χ4n) is 1.18. The molecule has 0 radical (unpaired) electrons. The van der Waals surface area contributed by atoms with Gasteiger partial charge in [-0.1, -0.05) is 20.3 Å². The molecule has 0 aliphatic carbocycles. The molecular formula is C12H16F2OS. The van der Waals surface area contributed by atoms with E-state index in [-0.39, 0.29) is 17.1 Å². The second kappa shape index (κ2) is 6.21. The number of benzene rings is 1. The summed E-state index contributed by atoms with van der Waals surface area (Å²) in [6, 6.07) is 2.37. The molecule has 0 aromatic heterocycles. The van der Waals surface area contributed by atoms with Gasteiger partial charge < -0.3 is 5.11 Å². The van der Waals surface area contributed by atoms with Gasteiger partial charge in [-0.05, 0) is 23.6 Å². The van der Waals surface area contributed by atoms with Crippen LogP contribution in [0, 0.1) is 17.6 Å². The van der Waals surface area contributed by atoms with Crippen molar-refractivity contribution in [1.29, 1.82) is 0 Å². The van der Waals surface area contributed by atoms with Crippen LogP contribution in [0.4, 0.5) is 8.78 Å². The first-order valence-electron chi connectivity index (χ1n) is 5.30. The molecule has 1 atom stereocenters. The Hall–Kier alpha value is -0.610. The van der Waals surface area contributed by atoms with Gasteiger partial charge in [0, 0.05) is 5.75 Å². The molecule has 1 aromatic rings. The molecule has 1 N–H and O–H groups in total. The maximum absolute atomic E-state index is 13.5. The molecule has 16 heavy (non-hydrogen) atoms. The number of aliphatic hydroxyl groups excluding tert-OH is 1. The predicted molar refractivity (Wildman–Crippen MR) is 62.5 cm³/mol. The van der Waals surface area contributed by atoms with E-state index in [1.807, 2.05) is 13.8 Å². The Kier molecular flexibility index (Phi) is 5.22. The molecule has 1 aromatic carbocycles. The highest BCUT2D eigenvalue weighted by Crippen LogP contribution is 2.28. The number of hydrogen-bond donors (Lipinski definition) is 1. The Bertz CT molecular complexity index is 332. The molecule has 1 nitrogen and oxygen atoms in total. The lowest BCUT2D eigenvalue weighted by Gasteiger charge is -2.10. The zero-order valence-corrected chi connectivity index (χ0v) is 10.3. The van der Waals surface area contributed by atoms with Crippen LogP contribution in [0.1, 0.15) is 25.8 Å². The molecule has 0 fully saturated rings. The zero-order chi connectivity index (χ0) is 12.1. The van der Waals surface area contributed by atoms with Crippen molar-refractivity contribution in [3.8, 4) is 0 Å². The molecule has 1 rings (SSSR count). The van der Waals surface area contributed by atoms with Crippen LogP contribution in [0.5, 0.6) is 0 Å². The largest absolute Gasteiger partial charge is 0.392 e. The number of thioether (sulfide) groups is 1. The molecule has 1 unspecified atom stereocenters. The first-order chi connectivity index (χ1) is 7.58. The molecule has 90 valence electrons. The molecule has 0 bridgehead atoms. The number of rotatable bonds is 5. The summed E-state index contributed by atoms with van der Waals surface area (Å²) in [5.41, 5.74) is 0.267. The minimum Gasteiger partial charge on any atom is -0.392 e. The van der Waals surface area contributed by atoms with Crippen molar-refractivity contribution in [2.45, 2.75) is 31.8 Å². The second-order valence-electron chi connectivity index (χ2n) is 3.87. The lowest BCUT2D eigenvalue weighted by atomic mass is 10.2. The third-order valence-corrected chi connectivity index (χ3v) is 3.86. The SMILES string of the molecule is CCC(C)CSc1c(F)cc(CO)cc1F. The van der Waals surface area contributed by atoms with Crippen molar-refractivity contribution in [2.75, 3.05) is 5.75 Å². The van der Waals surface area contributed by atoms with Gasteiger partial charge in [0.2, 0.25) is 0 Å². The fraction of sp³-hybridized carbons (Fsp3) is 0.500. The maximum atomic E-state index is 13.5. The van der Waals surface area contributed by atoms with Gasteiger partial charge in [0.25, 0.3) is 0 Å². The minimum atomic E-state index is -0.586. The first-order valence-corrected chi connectivity index (χ1v) is 6.28. The fourth-order valence-corrected chi connectivity index (χ4v) is 2.27. The molecule has 0 amide bonds. The van der Waals surface area contributed by atoms with Gasteiger partial charge in [-0.15, -0.1) is 11.8 Å². The van der Waals surface area contributed by atoms with Gasteiger partial charge in [-0.3, -0.25) is 0 Å². The Morgan fingerprint density at radius 1 is 1.31 bits per heavy atom. The molecular weight excluding hydrogens is 230 g/mol. The van der Waals surface area contributed by atoms with Crippen LogP contribution in [0.2, 0.25) is 0 Å². The van der Waals surface area contributed by atoms with Crippen LogP contribution < -0.4 is 0 Å². The third-order valence-electron chi connectivity index (χ3n) is 2.45. The highest BCUT2D eigenvalue weighted by Gasteiger charge is 2.12. The summed E-state index contributed by atoms with van der Waals surface area (Å²) in [4.78, 5) is 0.0532. The quantitative estimate of drug-likeness (QED) is 0.801. The Labute approximate surface area is 98.9 Å². The Morgan fingerprint density at radius 3 is 2.31 bits per heavy atom. The standard InChI is InChI=1S/C12H16F2OS/c1-3-8(2)7-16-12-10(13)4-9(6-15)5-11(12)14/h4-5,8,15H,3,6-7H2,1-2H3. The van der Waals surface area contributed by atoms with Crippen LogP contribution in [-0.2, 0) is 6.61 Å². The maximum Gasteiger partial charge on any atom is 0.140 e. The lowest BCUT2D eigenvalue weighted by Crippen LogP contribution is -1.98. The normalized spacial score (nSPS) is 12.8. The predicted octanol–water partition coefficient (Wildman–Crippen LogP) is 3.60. The van der Waals surface area contributed by atoms with E-state index in [0.717, 1.165) is 6.42 Å². The summed E-state index contributed by atoms with van der Waals surface area (Å²) in [7, 11) is 0. The lowest BCUT2D eigenvalue weighted by molar-refractivity contribution is 0.280. The average molecular weight is 246 g/mol.